The normalized spacial score (nSPS) is 20.0. The SMILES string of the molecule is CCCCCCCCCCCCC1N(O)CCN1CCCC. The van der Waals surface area contributed by atoms with Crippen molar-refractivity contribution in [3.8, 4) is 0 Å². The summed E-state index contributed by atoms with van der Waals surface area (Å²) in [6, 6.07) is 0. The summed E-state index contributed by atoms with van der Waals surface area (Å²) in [6.45, 7) is 7.53. The van der Waals surface area contributed by atoms with E-state index in [1.165, 1.54) is 77.0 Å². The molecule has 3 heteroatoms. The molecule has 0 aromatic rings. The number of rotatable bonds is 14. The van der Waals surface area contributed by atoms with E-state index in [0.29, 0.717) is 6.17 Å². The number of nitrogens with zero attached hydrogens (tertiary/aromatic N) is 2. The Labute approximate surface area is 139 Å². The summed E-state index contributed by atoms with van der Waals surface area (Å²) in [5.74, 6) is 0. The number of unbranched alkanes of at least 4 members (excludes halogenated alkanes) is 10. The minimum Gasteiger partial charge on any atom is -0.312 e. The van der Waals surface area contributed by atoms with E-state index in [2.05, 4.69) is 18.7 Å². The largest absolute Gasteiger partial charge is 0.312 e. The molecule has 22 heavy (non-hydrogen) atoms. The average molecular weight is 313 g/mol. The van der Waals surface area contributed by atoms with Crippen LogP contribution in [0.3, 0.4) is 0 Å². The van der Waals surface area contributed by atoms with Crippen molar-refractivity contribution in [2.24, 2.45) is 0 Å². The Hall–Kier alpha value is -0.120. The second-order valence-corrected chi connectivity index (χ2v) is 7.00. The molecule has 1 rings (SSSR count). The van der Waals surface area contributed by atoms with Gasteiger partial charge in [0.1, 0.15) is 0 Å². The minimum absolute atomic E-state index is 0.292. The van der Waals surface area contributed by atoms with Gasteiger partial charge in [0.25, 0.3) is 0 Å². The van der Waals surface area contributed by atoms with E-state index in [1.807, 2.05) is 0 Å². The molecule has 0 bridgehead atoms. The van der Waals surface area contributed by atoms with Crippen molar-refractivity contribution in [1.82, 2.24) is 9.96 Å². The molecule has 0 saturated carbocycles. The Morgan fingerprint density at radius 1 is 0.727 bits per heavy atom. The van der Waals surface area contributed by atoms with Crippen LogP contribution >= 0.6 is 0 Å². The van der Waals surface area contributed by atoms with E-state index in [-0.39, 0.29) is 0 Å². The Balaban J connectivity index is 1.96. The Bertz CT molecular complexity index is 248. The van der Waals surface area contributed by atoms with Gasteiger partial charge in [-0.15, -0.1) is 0 Å². The molecular weight excluding hydrogens is 272 g/mol. The van der Waals surface area contributed by atoms with Crippen molar-refractivity contribution in [3.05, 3.63) is 0 Å². The number of hydrogen-bond acceptors (Lipinski definition) is 3. The number of hydroxylamine groups is 2. The first kappa shape index (κ1) is 19.9. The molecule has 0 radical (unpaired) electrons. The third-order valence-corrected chi connectivity index (χ3v) is 5.00. The zero-order valence-electron chi connectivity index (χ0n) is 15.2. The fraction of sp³-hybridized carbons (Fsp3) is 1.00. The van der Waals surface area contributed by atoms with Crippen LogP contribution in [0.25, 0.3) is 0 Å². The topological polar surface area (TPSA) is 26.7 Å². The van der Waals surface area contributed by atoms with Crippen molar-refractivity contribution in [2.75, 3.05) is 19.6 Å². The Morgan fingerprint density at radius 3 is 1.86 bits per heavy atom. The highest BCUT2D eigenvalue weighted by atomic mass is 16.5. The maximum Gasteiger partial charge on any atom is 0.0866 e. The fourth-order valence-corrected chi connectivity index (χ4v) is 3.49. The molecule has 1 saturated heterocycles. The quantitative estimate of drug-likeness (QED) is 0.433. The van der Waals surface area contributed by atoms with Gasteiger partial charge in [0.15, 0.2) is 0 Å². The van der Waals surface area contributed by atoms with Crippen molar-refractivity contribution in [3.63, 3.8) is 0 Å². The lowest BCUT2D eigenvalue weighted by Gasteiger charge is -2.26. The highest BCUT2D eigenvalue weighted by Gasteiger charge is 2.29. The predicted octanol–water partition coefficient (Wildman–Crippen LogP) is 5.43. The van der Waals surface area contributed by atoms with Gasteiger partial charge < -0.3 is 5.21 Å². The fourth-order valence-electron chi connectivity index (χ4n) is 3.49. The first-order chi connectivity index (χ1) is 10.8. The van der Waals surface area contributed by atoms with E-state index in [0.717, 1.165) is 26.1 Å². The Morgan fingerprint density at radius 2 is 1.27 bits per heavy atom. The van der Waals surface area contributed by atoms with Gasteiger partial charge in [0.05, 0.1) is 6.17 Å². The van der Waals surface area contributed by atoms with E-state index in [9.17, 15) is 5.21 Å². The van der Waals surface area contributed by atoms with Gasteiger partial charge in [-0.3, -0.25) is 4.90 Å². The minimum atomic E-state index is 0.292. The zero-order valence-corrected chi connectivity index (χ0v) is 15.2. The molecule has 1 aliphatic heterocycles. The molecule has 3 nitrogen and oxygen atoms in total. The van der Waals surface area contributed by atoms with Crippen molar-refractivity contribution in [2.45, 2.75) is 103 Å². The standard InChI is InChI=1S/C19H40N2O/c1-3-5-7-8-9-10-11-12-13-14-15-19-20(16-6-4-2)17-18-21(19)22/h19,22H,3-18H2,1-2H3. The van der Waals surface area contributed by atoms with Crippen LogP contribution in [0.1, 0.15) is 97.3 Å². The van der Waals surface area contributed by atoms with Gasteiger partial charge in [-0.2, -0.15) is 5.06 Å². The third-order valence-electron chi connectivity index (χ3n) is 5.00. The van der Waals surface area contributed by atoms with Crippen LogP contribution in [-0.4, -0.2) is 41.0 Å². The molecule has 0 aromatic heterocycles. The molecule has 1 aliphatic rings. The molecule has 1 heterocycles. The summed E-state index contributed by atoms with van der Waals surface area (Å²) in [7, 11) is 0. The molecule has 0 aliphatic carbocycles. The molecule has 0 aromatic carbocycles. The van der Waals surface area contributed by atoms with Crippen molar-refractivity contribution in [1.29, 1.82) is 0 Å². The maximum absolute atomic E-state index is 9.99. The van der Waals surface area contributed by atoms with E-state index < -0.39 is 0 Å². The van der Waals surface area contributed by atoms with Gasteiger partial charge in [0.2, 0.25) is 0 Å². The smallest absolute Gasteiger partial charge is 0.0866 e. The van der Waals surface area contributed by atoms with Crippen LogP contribution < -0.4 is 0 Å². The summed E-state index contributed by atoms with van der Waals surface area (Å²) in [6.07, 6.45) is 17.8. The predicted molar refractivity (Wildman–Crippen MR) is 95.2 cm³/mol. The van der Waals surface area contributed by atoms with Gasteiger partial charge in [0, 0.05) is 13.1 Å². The lowest BCUT2D eigenvalue weighted by molar-refractivity contribution is -0.127. The van der Waals surface area contributed by atoms with E-state index in [1.54, 1.807) is 5.06 Å². The molecule has 132 valence electrons. The highest BCUT2D eigenvalue weighted by Crippen LogP contribution is 2.20. The van der Waals surface area contributed by atoms with Crippen molar-refractivity contribution >= 4 is 0 Å². The summed E-state index contributed by atoms with van der Waals surface area (Å²) < 4.78 is 0. The number of hydrogen-bond donors (Lipinski definition) is 1. The van der Waals surface area contributed by atoms with Crippen LogP contribution in [0.15, 0.2) is 0 Å². The molecule has 1 unspecified atom stereocenters. The highest BCUT2D eigenvalue weighted by molar-refractivity contribution is 4.76. The second kappa shape index (κ2) is 13.3. The molecular formula is C19H40N2O. The maximum atomic E-state index is 9.99. The molecule has 0 spiro atoms. The Kier molecular flexibility index (Phi) is 12.1. The second-order valence-electron chi connectivity index (χ2n) is 7.00. The van der Waals surface area contributed by atoms with Crippen LogP contribution in [0, 0.1) is 0 Å². The first-order valence-corrected chi connectivity index (χ1v) is 9.99. The first-order valence-electron chi connectivity index (χ1n) is 9.99. The van der Waals surface area contributed by atoms with Gasteiger partial charge in [-0.1, -0.05) is 84.5 Å². The molecule has 1 fully saturated rings. The summed E-state index contributed by atoms with van der Waals surface area (Å²) in [4.78, 5) is 2.47. The molecule has 1 N–H and O–H groups in total. The summed E-state index contributed by atoms with van der Waals surface area (Å²) in [5.41, 5.74) is 0. The monoisotopic (exact) mass is 312 g/mol. The van der Waals surface area contributed by atoms with Crippen molar-refractivity contribution < 1.29 is 5.21 Å². The van der Waals surface area contributed by atoms with Gasteiger partial charge in [-0.05, 0) is 19.4 Å². The van der Waals surface area contributed by atoms with Crippen LogP contribution in [0.4, 0.5) is 0 Å². The van der Waals surface area contributed by atoms with Gasteiger partial charge in [-0.25, -0.2) is 0 Å². The van der Waals surface area contributed by atoms with Crippen LogP contribution in [-0.2, 0) is 0 Å². The van der Waals surface area contributed by atoms with Crippen LogP contribution in [0.2, 0.25) is 0 Å². The average Bonchev–Trinajstić information content (AvgIpc) is 2.87. The van der Waals surface area contributed by atoms with Gasteiger partial charge >= 0.3 is 0 Å². The summed E-state index contributed by atoms with van der Waals surface area (Å²) in [5, 5.41) is 11.6. The lowest BCUT2D eigenvalue weighted by Crippen LogP contribution is -2.37. The molecule has 1 atom stereocenters. The lowest BCUT2D eigenvalue weighted by atomic mass is 10.1. The van der Waals surface area contributed by atoms with E-state index in [4.69, 9.17) is 0 Å². The van der Waals surface area contributed by atoms with Crippen LogP contribution in [0.5, 0.6) is 0 Å². The third kappa shape index (κ3) is 8.50. The summed E-state index contributed by atoms with van der Waals surface area (Å²) >= 11 is 0. The zero-order chi connectivity index (χ0) is 16.0. The molecule has 0 amide bonds. The van der Waals surface area contributed by atoms with E-state index >= 15 is 0 Å².